The van der Waals surface area contributed by atoms with Crippen molar-refractivity contribution in [3.8, 4) is 5.88 Å². The molecule has 0 saturated carbocycles. The topological polar surface area (TPSA) is 85.5 Å². The summed E-state index contributed by atoms with van der Waals surface area (Å²) in [6.07, 6.45) is 1.48. The van der Waals surface area contributed by atoms with Crippen LogP contribution in [-0.2, 0) is 10.0 Å². The molecular weight excluding hydrogens is 278 g/mol. The van der Waals surface area contributed by atoms with Crippen molar-refractivity contribution in [3.63, 3.8) is 0 Å². The maximum absolute atomic E-state index is 11.4. The number of pyridine rings is 1. The maximum Gasteiger partial charge on any atom is 0.243 e. The van der Waals surface area contributed by atoms with Crippen molar-refractivity contribution in [1.29, 1.82) is 0 Å². The van der Waals surface area contributed by atoms with Crippen LogP contribution in [0.1, 0.15) is 27.7 Å². The van der Waals surface area contributed by atoms with Gasteiger partial charge in [-0.2, -0.15) is 0 Å². The molecule has 0 aliphatic rings. The highest BCUT2D eigenvalue weighted by Crippen LogP contribution is 2.18. The van der Waals surface area contributed by atoms with Gasteiger partial charge in [-0.3, -0.25) is 4.90 Å². The molecule has 1 rings (SSSR count). The standard InChI is InChI=1S/C13H23N3O3S/c1-10(2)16(11(3)4)8-9-19-13-12(20(14,17)18)6-5-7-15-13/h5-7,10-11H,8-9H2,1-4H3,(H2,14,17,18). The molecule has 0 radical (unpaired) electrons. The third-order valence-corrected chi connectivity index (χ3v) is 3.88. The van der Waals surface area contributed by atoms with Crippen molar-refractivity contribution >= 4 is 10.0 Å². The summed E-state index contributed by atoms with van der Waals surface area (Å²) < 4.78 is 28.3. The van der Waals surface area contributed by atoms with E-state index in [0.29, 0.717) is 25.2 Å². The van der Waals surface area contributed by atoms with Crippen LogP contribution in [0.4, 0.5) is 0 Å². The number of primary sulfonamides is 1. The van der Waals surface area contributed by atoms with Crippen LogP contribution in [0.5, 0.6) is 5.88 Å². The smallest absolute Gasteiger partial charge is 0.243 e. The van der Waals surface area contributed by atoms with Gasteiger partial charge in [-0.25, -0.2) is 18.5 Å². The molecule has 0 bridgehead atoms. The third kappa shape index (κ3) is 4.73. The Bertz CT molecular complexity index is 521. The van der Waals surface area contributed by atoms with E-state index >= 15 is 0 Å². The number of nitrogens with two attached hydrogens (primary N) is 1. The van der Waals surface area contributed by atoms with Crippen LogP contribution >= 0.6 is 0 Å². The predicted molar refractivity (Wildman–Crippen MR) is 78.1 cm³/mol. The van der Waals surface area contributed by atoms with Gasteiger partial charge >= 0.3 is 0 Å². The van der Waals surface area contributed by atoms with Gasteiger partial charge in [0, 0.05) is 24.8 Å². The van der Waals surface area contributed by atoms with E-state index < -0.39 is 10.0 Å². The quantitative estimate of drug-likeness (QED) is 0.818. The molecular formula is C13H23N3O3S. The van der Waals surface area contributed by atoms with Crippen molar-refractivity contribution in [2.75, 3.05) is 13.2 Å². The van der Waals surface area contributed by atoms with E-state index in [1.54, 1.807) is 0 Å². The van der Waals surface area contributed by atoms with Gasteiger partial charge in [-0.05, 0) is 39.8 Å². The monoisotopic (exact) mass is 301 g/mol. The summed E-state index contributed by atoms with van der Waals surface area (Å²) in [4.78, 5) is 6.10. The second-order valence-electron chi connectivity index (χ2n) is 5.13. The zero-order valence-electron chi connectivity index (χ0n) is 12.4. The van der Waals surface area contributed by atoms with Gasteiger partial charge in [0.05, 0.1) is 0 Å². The number of rotatable bonds is 7. The van der Waals surface area contributed by atoms with Crippen LogP contribution in [0.15, 0.2) is 23.2 Å². The number of nitrogens with zero attached hydrogens (tertiary/aromatic N) is 2. The van der Waals surface area contributed by atoms with E-state index in [9.17, 15) is 8.42 Å². The molecule has 7 heteroatoms. The molecule has 0 unspecified atom stereocenters. The molecule has 1 aromatic rings. The van der Waals surface area contributed by atoms with Gasteiger partial charge in [0.15, 0.2) is 0 Å². The number of hydrogen-bond donors (Lipinski definition) is 1. The summed E-state index contributed by atoms with van der Waals surface area (Å²) >= 11 is 0. The van der Waals surface area contributed by atoms with E-state index in [4.69, 9.17) is 9.88 Å². The minimum Gasteiger partial charge on any atom is -0.475 e. The maximum atomic E-state index is 11.4. The van der Waals surface area contributed by atoms with Crippen molar-refractivity contribution in [2.24, 2.45) is 5.14 Å². The van der Waals surface area contributed by atoms with Crippen LogP contribution in [0, 0.1) is 0 Å². The zero-order valence-corrected chi connectivity index (χ0v) is 13.2. The second-order valence-corrected chi connectivity index (χ2v) is 6.66. The van der Waals surface area contributed by atoms with Crippen LogP contribution in [0.3, 0.4) is 0 Å². The molecule has 0 aliphatic heterocycles. The second kappa shape index (κ2) is 7.01. The lowest BCUT2D eigenvalue weighted by Gasteiger charge is -2.30. The molecule has 0 fully saturated rings. The summed E-state index contributed by atoms with van der Waals surface area (Å²) in [5.41, 5.74) is 0. The van der Waals surface area contributed by atoms with Crippen LogP contribution in [0.25, 0.3) is 0 Å². The first-order valence-electron chi connectivity index (χ1n) is 6.60. The van der Waals surface area contributed by atoms with Crippen molar-refractivity contribution in [2.45, 2.75) is 44.7 Å². The molecule has 1 heterocycles. The zero-order chi connectivity index (χ0) is 15.3. The lowest BCUT2D eigenvalue weighted by molar-refractivity contribution is 0.139. The Balaban J connectivity index is 2.72. The Morgan fingerprint density at radius 1 is 1.30 bits per heavy atom. The number of sulfonamides is 1. The Labute approximate surface area is 121 Å². The van der Waals surface area contributed by atoms with Gasteiger partial charge in [0.2, 0.25) is 15.9 Å². The third-order valence-electron chi connectivity index (χ3n) is 2.96. The van der Waals surface area contributed by atoms with Gasteiger partial charge < -0.3 is 4.74 Å². The minimum absolute atomic E-state index is 0.0578. The SMILES string of the molecule is CC(C)N(CCOc1ncccc1S(N)(=O)=O)C(C)C. The highest BCUT2D eigenvalue weighted by molar-refractivity contribution is 7.89. The van der Waals surface area contributed by atoms with Gasteiger partial charge in [0.1, 0.15) is 11.5 Å². The molecule has 0 aliphatic carbocycles. The van der Waals surface area contributed by atoms with Gasteiger partial charge in [-0.1, -0.05) is 0 Å². The lowest BCUT2D eigenvalue weighted by atomic mass is 10.2. The van der Waals surface area contributed by atoms with E-state index in [2.05, 4.69) is 37.6 Å². The fraction of sp³-hybridized carbons (Fsp3) is 0.615. The van der Waals surface area contributed by atoms with E-state index in [1.807, 2.05) is 0 Å². The normalized spacial score (nSPS) is 12.4. The molecule has 0 aromatic carbocycles. The molecule has 1 aromatic heterocycles. The van der Waals surface area contributed by atoms with E-state index in [0.717, 1.165) is 0 Å². The average molecular weight is 301 g/mol. The fourth-order valence-corrected chi connectivity index (χ4v) is 2.68. The average Bonchev–Trinajstić information content (AvgIpc) is 2.33. The van der Waals surface area contributed by atoms with Gasteiger partial charge in [0.25, 0.3) is 0 Å². The first-order chi connectivity index (χ1) is 9.23. The summed E-state index contributed by atoms with van der Waals surface area (Å²) in [5.74, 6) is 0.0578. The highest BCUT2D eigenvalue weighted by Gasteiger charge is 2.17. The molecule has 114 valence electrons. The molecule has 6 nitrogen and oxygen atoms in total. The molecule has 0 saturated heterocycles. The van der Waals surface area contributed by atoms with Gasteiger partial charge in [-0.15, -0.1) is 0 Å². The molecule has 2 N–H and O–H groups in total. The van der Waals surface area contributed by atoms with Crippen LogP contribution in [0.2, 0.25) is 0 Å². The summed E-state index contributed by atoms with van der Waals surface area (Å²) in [7, 11) is -3.82. The predicted octanol–water partition coefficient (Wildman–Crippen LogP) is 1.23. The Morgan fingerprint density at radius 3 is 2.40 bits per heavy atom. The van der Waals surface area contributed by atoms with Crippen molar-refractivity contribution < 1.29 is 13.2 Å². The summed E-state index contributed by atoms with van der Waals surface area (Å²) in [5, 5.41) is 5.13. The number of aromatic nitrogens is 1. The Morgan fingerprint density at radius 2 is 1.90 bits per heavy atom. The molecule has 0 amide bonds. The summed E-state index contributed by atoms with van der Waals surface area (Å²) in [6.45, 7) is 9.48. The number of hydrogen-bond acceptors (Lipinski definition) is 5. The molecule has 0 spiro atoms. The van der Waals surface area contributed by atoms with Crippen LogP contribution < -0.4 is 9.88 Å². The van der Waals surface area contributed by atoms with E-state index in [1.165, 1.54) is 18.3 Å². The largest absolute Gasteiger partial charge is 0.475 e. The van der Waals surface area contributed by atoms with E-state index in [-0.39, 0.29) is 10.8 Å². The minimum atomic E-state index is -3.82. The number of ether oxygens (including phenoxy) is 1. The highest BCUT2D eigenvalue weighted by atomic mass is 32.2. The summed E-state index contributed by atoms with van der Waals surface area (Å²) in [6, 6.07) is 3.68. The van der Waals surface area contributed by atoms with Crippen molar-refractivity contribution in [1.82, 2.24) is 9.88 Å². The molecule has 20 heavy (non-hydrogen) atoms. The van der Waals surface area contributed by atoms with Crippen LogP contribution in [-0.4, -0.2) is 43.5 Å². The lowest BCUT2D eigenvalue weighted by Crippen LogP contribution is -2.39. The Hall–Kier alpha value is -1.18. The first kappa shape index (κ1) is 16.9. The Kier molecular flexibility index (Phi) is 5.91. The fourth-order valence-electron chi connectivity index (χ4n) is 2.06. The molecule has 0 atom stereocenters. The first-order valence-corrected chi connectivity index (χ1v) is 8.14. The van der Waals surface area contributed by atoms with Crippen molar-refractivity contribution in [3.05, 3.63) is 18.3 Å².